The number of aryl methyl sites for hydroxylation is 1. The molecule has 0 atom stereocenters. The second kappa shape index (κ2) is 5.61. The van der Waals surface area contributed by atoms with Crippen molar-refractivity contribution in [3.63, 3.8) is 0 Å². The Kier molecular flexibility index (Phi) is 3.82. The van der Waals surface area contributed by atoms with E-state index in [4.69, 9.17) is 16.3 Å². The van der Waals surface area contributed by atoms with Gasteiger partial charge in [0.05, 0.1) is 18.7 Å². The van der Waals surface area contributed by atoms with Crippen LogP contribution in [0.4, 0.5) is 0 Å². The van der Waals surface area contributed by atoms with Crippen molar-refractivity contribution >= 4 is 38.7 Å². The van der Waals surface area contributed by atoms with Crippen LogP contribution < -0.4 is 4.74 Å². The first kappa shape index (κ1) is 14.3. The fraction of sp³-hybridized carbons (Fsp3) is 0.214. The Morgan fingerprint density at radius 2 is 2.14 bits per heavy atom. The number of hydrogen-bond acceptors (Lipinski definition) is 4. The molecule has 3 rings (SSSR count). The lowest BCUT2D eigenvalue weighted by Crippen LogP contribution is -2.02. The number of aromatic nitrogens is 4. The van der Waals surface area contributed by atoms with Crippen molar-refractivity contribution in [2.24, 2.45) is 0 Å². The largest absolute Gasteiger partial charge is 0.479 e. The minimum atomic E-state index is 0.264. The molecular weight excluding hydrogens is 356 g/mol. The lowest BCUT2D eigenvalue weighted by atomic mass is 10.2. The summed E-state index contributed by atoms with van der Waals surface area (Å²) in [7, 11) is 1.56. The van der Waals surface area contributed by atoms with Crippen LogP contribution >= 0.6 is 27.5 Å². The summed E-state index contributed by atoms with van der Waals surface area (Å²) in [6, 6.07) is 6.00. The van der Waals surface area contributed by atoms with Gasteiger partial charge in [-0.1, -0.05) is 12.1 Å². The molecule has 108 valence electrons. The molecule has 1 aromatic carbocycles. The standard InChI is InChI=1S/C14H12BrClN4O/c1-8-4-3-5-9(11(8)15)20-10(6-16)19-12-13(20)17-7-18-14(12)21-2/h3-5,7H,6H2,1-2H3. The summed E-state index contributed by atoms with van der Waals surface area (Å²) in [6.45, 7) is 2.03. The van der Waals surface area contributed by atoms with E-state index in [1.165, 1.54) is 6.33 Å². The van der Waals surface area contributed by atoms with Gasteiger partial charge in [0.1, 0.15) is 12.2 Å². The lowest BCUT2D eigenvalue weighted by molar-refractivity contribution is 0.401. The molecule has 0 aliphatic rings. The second-order valence-corrected chi connectivity index (χ2v) is 5.52. The van der Waals surface area contributed by atoms with Crippen molar-refractivity contribution in [3.05, 3.63) is 40.4 Å². The summed E-state index contributed by atoms with van der Waals surface area (Å²) < 4.78 is 8.15. The smallest absolute Gasteiger partial charge is 0.245 e. The van der Waals surface area contributed by atoms with Crippen LogP contribution in [0.25, 0.3) is 16.9 Å². The molecule has 0 aliphatic heterocycles. The minimum Gasteiger partial charge on any atom is -0.479 e. The number of halogens is 2. The van der Waals surface area contributed by atoms with Gasteiger partial charge in [-0.25, -0.2) is 9.97 Å². The van der Waals surface area contributed by atoms with Crippen LogP contribution in [0.1, 0.15) is 11.4 Å². The summed E-state index contributed by atoms with van der Waals surface area (Å²) >= 11 is 9.67. The van der Waals surface area contributed by atoms with Gasteiger partial charge < -0.3 is 4.74 Å². The van der Waals surface area contributed by atoms with Gasteiger partial charge in [-0.2, -0.15) is 4.98 Å². The number of nitrogens with zero attached hydrogens (tertiary/aromatic N) is 4. The van der Waals surface area contributed by atoms with E-state index in [2.05, 4.69) is 30.9 Å². The first-order chi connectivity index (χ1) is 10.2. The van der Waals surface area contributed by atoms with Crippen molar-refractivity contribution < 1.29 is 4.74 Å². The summed E-state index contributed by atoms with van der Waals surface area (Å²) in [6.07, 6.45) is 1.46. The van der Waals surface area contributed by atoms with Crippen LogP contribution in [0.15, 0.2) is 29.0 Å². The van der Waals surface area contributed by atoms with E-state index in [0.29, 0.717) is 22.9 Å². The first-order valence-corrected chi connectivity index (χ1v) is 7.58. The van der Waals surface area contributed by atoms with Crippen molar-refractivity contribution in [1.29, 1.82) is 0 Å². The summed E-state index contributed by atoms with van der Waals surface area (Å²) in [4.78, 5) is 12.9. The number of imidazole rings is 1. The molecule has 0 fully saturated rings. The minimum absolute atomic E-state index is 0.264. The van der Waals surface area contributed by atoms with E-state index in [-0.39, 0.29) is 5.88 Å². The Labute approximate surface area is 135 Å². The summed E-state index contributed by atoms with van der Waals surface area (Å²) in [5, 5.41) is 0. The molecule has 0 N–H and O–H groups in total. The third kappa shape index (κ3) is 2.28. The Bertz CT molecular complexity index is 818. The molecule has 0 aliphatic carbocycles. The zero-order valence-corrected chi connectivity index (χ0v) is 13.8. The van der Waals surface area contributed by atoms with Gasteiger partial charge in [0.2, 0.25) is 5.88 Å². The Balaban J connectivity index is 2.38. The second-order valence-electron chi connectivity index (χ2n) is 4.46. The number of hydrogen-bond donors (Lipinski definition) is 0. The van der Waals surface area contributed by atoms with Gasteiger partial charge in [-0.15, -0.1) is 11.6 Å². The van der Waals surface area contributed by atoms with Gasteiger partial charge in [0, 0.05) is 4.47 Å². The quantitative estimate of drug-likeness (QED) is 0.663. The van der Waals surface area contributed by atoms with Gasteiger partial charge in [-0.05, 0) is 34.5 Å². The van der Waals surface area contributed by atoms with Crippen molar-refractivity contribution in [1.82, 2.24) is 19.5 Å². The maximum Gasteiger partial charge on any atom is 0.245 e. The highest BCUT2D eigenvalue weighted by Gasteiger charge is 2.18. The maximum atomic E-state index is 6.05. The summed E-state index contributed by atoms with van der Waals surface area (Å²) in [5.74, 6) is 1.39. The normalized spacial score (nSPS) is 11.0. The molecule has 0 spiro atoms. The highest BCUT2D eigenvalue weighted by atomic mass is 79.9. The molecule has 21 heavy (non-hydrogen) atoms. The fourth-order valence-electron chi connectivity index (χ4n) is 2.21. The Morgan fingerprint density at radius 1 is 1.33 bits per heavy atom. The van der Waals surface area contributed by atoms with E-state index in [1.807, 2.05) is 29.7 Å². The zero-order valence-electron chi connectivity index (χ0n) is 11.5. The Hall–Kier alpha value is -1.66. The molecular formula is C14H12BrClN4O. The molecule has 7 heteroatoms. The van der Waals surface area contributed by atoms with Crippen LogP contribution in [-0.2, 0) is 5.88 Å². The van der Waals surface area contributed by atoms with E-state index in [1.54, 1.807) is 7.11 Å². The first-order valence-electron chi connectivity index (χ1n) is 6.25. The van der Waals surface area contributed by atoms with Crippen molar-refractivity contribution in [2.75, 3.05) is 7.11 Å². The number of benzene rings is 1. The highest BCUT2D eigenvalue weighted by Crippen LogP contribution is 2.31. The number of ether oxygens (including phenoxy) is 1. The third-order valence-electron chi connectivity index (χ3n) is 3.21. The predicted octanol–water partition coefficient (Wildman–Crippen LogP) is 3.63. The van der Waals surface area contributed by atoms with Gasteiger partial charge in [-0.3, -0.25) is 4.57 Å². The molecule has 0 saturated heterocycles. The molecule has 5 nitrogen and oxygen atoms in total. The molecule has 0 amide bonds. The van der Waals surface area contributed by atoms with E-state index >= 15 is 0 Å². The van der Waals surface area contributed by atoms with Gasteiger partial charge >= 0.3 is 0 Å². The average Bonchev–Trinajstić information content (AvgIpc) is 2.88. The Morgan fingerprint density at radius 3 is 2.86 bits per heavy atom. The van der Waals surface area contributed by atoms with Crippen LogP contribution in [0.3, 0.4) is 0 Å². The van der Waals surface area contributed by atoms with Crippen LogP contribution in [0, 0.1) is 6.92 Å². The average molecular weight is 368 g/mol. The molecule has 0 bridgehead atoms. The van der Waals surface area contributed by atoms with Crippen LogP contribution in [-0.4, -0.2) is 26.6 Å². The number of rotatable bonds is 3. The highest BCUT2D eigenvalue weighted by molar-refractivity contribution is 9.10. The zero-order chi connectivity index (χ0) is 15.0. The molecule has 0 saturated carbocycles. The molecule has 2 heterocycles. The molecule has 0 radical (unpaired) electrons. The van der Waals surface area contributed by atoms with E-state index < -0.39 is 0 Å². The SMILES string of the molecule is COc1ncnc2c1nc(CCl)n2-c1cccc(C)c1Br. The van der Waals surface area contributed by atoms with Gasteiger partial charge in [0.15, 0.2) is 11.2 Å². The van der Waals surface area contributed by atoms with Crippen molar-refractivity contribution in [2.45, 2.75) is 12.8 Å². The number of fused-ring (bicyclic) bond motifs is 1. The molecule has 2 aromatic heterocycles. The molecule has 0 unspecified atom stereocenters. The van der Waals surface area contributed by atoms with E-state index in [0.717, 1.165) is 15.7 Å². The number of methoxy groups -OCH3 is 1. The monoisotopic (exact) mass is 366 g/mol. The lowest BCUT2D eigenvalue weighted by Gasteiger charge is -2.11. The maximum absolute atomic E-state index is 6.05. The topological polar surface area (TPSA) is 52.8 Å². The van der Waals surface area contributed by atoms with Crippen LogP contribution in [0.5, 0.6) is 5.88 Å². The van der Waals surface area contributed by atoms with Crippen LogP contribution in [0.2, 0.25) is 0 Å². The molecule has 3 aromatic rings. The fourth-order valence-corrected chi connectivity index (χ4v) is 2.83. The number of alkyl halides is 1. The van der Waals surface area contributed by atoms with E-state index in [9.17, 15) is 0 Å². The predicted molar refractivity (Wildman–Crippen MR) is 85.2 cm³/mol. The van der Waals surface area contributed by atoms with Gasteiger partial charge in [0.25, 0.3) is 0 Å². The summed E-state index contributed by atoms with van der Waals surface area (Å²) in [5.41, 5.74) is 3.33. The third-order valence-corrected chi connectivity index (χ3v) is 4.48. The van der Waals surface area contributed by atoms with Crippen molar-refractivity contribution in [3.8, 4) is 11.6 Å².